The van der Waals surface area contributed by atoms with Gasteiger partial charge < -0.3 is 72.6 Å². The molecule has 12 N–H and O–H groups in total. The van der Waals surface area contributed by atoms with Crippen LogP contribution in [-0.2, 0) is 9.47 Å². The number of imidazole rings is 4. The minimum Gasteiger partial charge on any atom is -0.490 e. The first-order valence-electron chi connectivity index (χ1n) is 42.6. The summed E-state index contributed by atoms with van der Waals surface area (Å²) in [5.74, 6) is -2.07. The highest BCUT2D eigenvalue weighted by atomic mass is 35.5. The molecule has 0 aliphatic carbocycles. The summed E-state index contributed by atoms with van der Waals surface area (Å²) in [6.07, 6.45) is 16.6. The van der Waals surface area contributed by atoms with Crippen LogP contribution in [0.15, 0.2) is 73.8 Å². The van der Waals surface area contributed by atoms with Crippen LogP contribution in [0, 0.1) is 56.9 Å². The lowest BCUT2D eigenvalue weighted by atomic mass is 9.95. The third-order valence-electron chi connectivity index (χ3n) is 21.9. The molecule has 5 unspecified atom stereocenters. The largest absolute Gasteiger partial charge is 0.490 e. The fourth-order valence-electron chi connectivity index (χ4n) is 15.9. The highest BCUT2D eigenvalue weighted by molar-refractivity contribution is 6.32. The average Bonchev–Trinajstić information content (AvgIpc) is 1.63. The van der Waals surface area contributed by atoms with Crippen LogP contribution < -0.4 is 63.1 Å². The van der Waals surface area contributed by atoms with Crippen molar-refractivity contribution in [2.45, 2.75) is 204 Å². The number of benzene rings is 4. The molecule has 0 saturated carbocycles. The van der Waals surface area contributed by atoms with Crippen molar-refractivity contribution in [3.63, 3.8) is 0 Å². The van der Waals surface area contributed by atoms with Gasteiger partial charge in [-0.05, 0) is 152 Å². The summed E-state index contributed by atoms with van der Waals surface area (Å²) in [6, 6.07) is 5.98. The Balaban J connectivity index is 0.000000167. The van der Waals surface area contributed by atoms with Gasteiger partial charge in [-0.2, -0.15) is 0 Å². The molecule has 10 heterocycles. The zero-order chi connectivity index (χ0) is 94.2. The number of hydrogen-bond donors (Lipinski definition) is 8. The fourth-order valence-corrected chi connectivity index (χ4v) is 16.8. The van der Waals surface area contributed by atoms with Crippen LogP contribution in [0.4, 0.5) is 40.8 Å². The van der Waals surface area contributed by atoms with Crippen molar-refractivity contribution >= 4 is 115 Å². The van der Waals surface area contributed by atoms with E-state index in [4.69, 9.17) is 108 Å². The van der Waals surface area contributed by atoms with E-state index in [1.807, 2.05) is 115 Å². The van der Waals surface area contributed by atoms with Crippen LogP contribution in [0.5, 0.6) is 23.0 Å². The van der Waals surface area contributed by atoms with Crippen molar-refractivity contribution < 1.29 is 65.2 Å². The molecule has 2 aliphatic heterocycles. The Morgan fingerprint density at radius 3 is 1.00 bits per heavy atom. The molecule has 14 rings (SSSR count). The van der Waals surface area contributed by atoms with E-state index in [0.29, 0.717) is 139 Å². The van der Waals surface area contributed by atoms with Crippen LogP contribution in [0.2, 0.25) is 20.1 Å². The SMILES string of the molecule is CCNC(=O)c1c(F)c(Cl)cc(C(C)c2nc(C)c3c(N)nccn23)c1OC(C)C.CNC(=O)c1c(F)c(Cl)cc(C(C)c2nc(C)c3c(N)nccn23)c1OC(C)C.Cc1nc(C(C)c2cc(Cl)c(F)c(C(=O)NCC3CCCO3)c2OC(C)C)n2ccnc(N)c12.Cc1nc(C(C)c2cc(Cl)c(F)c(C(=O)NCCC3CCOCC3)c2OC(C)C)n2ccnc(N)c12. The molecule has 4 aromatic carbocycles. The van der Waals surface area contributed by atoms with E-state index in [9.17, 15) is 28.0 Å². The predicted molar refractivity (Wildman–Crippen MR) is 491 cm³/mol. The van der Waals surface area contributed by atoms with Gasteiger partial charge >= 0.3 is 0 Å². The first-order valence-corrected chi connectivity index (χ1v) is 44.1. The molecule has 12 aromatic rings. The van der Waals surface area contributed by atoms with Crippen molar-refractivity contribution in [1.29, 1.82) is 0 Å². The number of halogens is 8. The number of carbonyl (C=O) groups excluding carboxylic acids is 4. The zero-order valence-corrected chi connectivity index (χ0v) is 78.3. The summed E-state index contributed by atoms with van der Waals surface area (Å²) in [6.45, 7) is 34.4. The number of aromatic nitrogens is 12. The molecular formula is C91H110Cl4F4N20O10. The van der Waals surface area contributed by atoms with Gasteiger partial charge in [0.25, 0.3) is 23.6 Å². The van der Waals surface area contributed by atoms with Gasteiger partial charge in [-0.3, -0.25) is 36.8 Å². The maximum absolute atomic E-state index is 15.4. The lowest BCUT2D eigenvalue weighted by Gasteiger charge is -2.23. The Hall–Kier alpha value is -11.6. The minimum absolute atomic E-state index is 0.0858. The Bertz CT molecular complexity index is 6150. The molecule has 2 fully saturated rings. The number of ether oxygens (including phenoxy) is 6. The summed E-state index contributed by atoms with van der Waals surface area (Å²) in [5.41, 5.74) is 31.2. The number of nitrogen functional groups attached to an aromatic ring is 4. The maximum Gasteiger partial charge on any atom is 0.258 e. The number of carbonyl (C=O) groups is 4. The monoisotopic (exact) mass is 1860 g/mol. The topological polar surface area (TPSA) is 397 Å². The van der Waals surface area contributed by atoms with Gasteiger partial charge in [0, 0.05) is 142 Å². The number of nitrogens with two attached hydrogens (primary N) is 4. The van der Waals surface area contributed by atoms with Crippen LogP contribution in [0.1, 0.15) is 256 Å². The van der Waals surface area contributed by atoms with Gasteiger partial charge in [0.1, 0.15) is 114 Å². The number of nitrogens with one attached hydrogen (secondary N) is 4. The summed E-state index contributed by atoms with van der Waals surface area (Å²) in [4.78, 5) is 86.8. The summed E-state index contributed by atoms with van der Waals surface area (Å²) >= 11 is 24.9. The molecule has 129 heavy (non-hydrogen) atoms. The van der Waals surface area contributed by atoms with Crippen molar-refractivity contribution in [2.75, 3.05) is 69.4 Å². The molecule has 8 aromatic heterocycles. The van der Waals surface area contributed by atoms with Crippen LogP contribution >= 0.6 is 46.4 Å². The van der Waals surface area contributed by atoms with E-state index in [2.05, 4.69) is 51.2 Å². The predicted octanol–water partition coefficient (Wildman–Crippen LogP) is 17.0. The first-order chi connectivity index (χ1) is 61.2. The van der Waals surface area contributed by atoms with Crippen molar-refractivity contribution in [2.24, 2.45) is 5.92 Å². The second-order valence-corrected chi connectivity index (χ2v) is 34.3. The van der Waals surface area contributed by atoms with Crippen molar-refractivity contribution in [1.82, 2.24) is 78.7 Å². The number of rotatable bonds is 26. The van der Waals surface area contributed by atoms with Gasteiger partial charge in [0.2, 0.25) is 0 Å². The standard InChI is InChI=1S/C26H33ClFN5O3.C24H29ClFN5O3.C21H25ClFN5O2.C20H23ClFN5O2/c1-14(2)36-23-18(15(3)25-32-16(4)22-24(29)30-9-10-33(22)25)13-19(27)21(28)20(23)26(34)31-8-5-17-6-11-35-12-7-17;1-12(2)34-21-16(13(3)23-30-14(4)20-22(27)28-7-8-31(20)23)10-17(25)19(26)18(21)24(32)29-11-15-6-5-9-33-15;1-6-25-21(29)15-16(23)14(22)9-13(18(15)30-10(2)3)11(4)20-27-12(5)17-19(24)26-7-8-28(17)20;1-9(2)29-17-12(8-13(21)15(22)14(17)20(28)24-5)10(3)19-26-11(4)16-18(23)25-6-7-27(16)19/h9-10,13-15,17H,5-8,11-12H2,1-4H3,(H2,29,30)(H,31,34);7-8,10,12-13,15H,5-6,9,11H2,1-4H3,(H2,27,28)(H,29,32);7-11H,6H2,1-5H3,(H2,24,26)(H,25,29);6-10H,1-5H3,(H2,23,25)(H,24,28). The fraction of sp³-hybridized carbons (Fsp3) is 0.429. The van der Waals surface area contributed by atoms with E-state index in [1.54, 1.807) is 70.3 Å². The molecule has 0 bridgehead atoms. The lowest BCUT2D eigenvalue weighted by Crippen LogP contribution is -2.33. The summed E-state index contributed by atoms with van der Waals surface area (Å²) in [5, 5.41) is 10.1. The highest BCUT2D eigenvalue weighted by Crippen LogP contribution is 2.46. The molecule has 30 nitrogen and oxygen atoms in total. The van der Waals surface area contributed by atoms with E-state index in [0.717, 1.165) is 45.3 Å². The summed E-state index contributed by atoms with van der Waals surface area (Å²) < 4.78 is 103. The number of hydrogen-bond acceptors (Lipinski definition) is 22. The molecule has 2 aliphatic rings. The van der Waals surface area contributed by atoms with E-state index < -0.39 is 58.7 Å². The Labute approximate surface area is 765 Å². The molecule has 0 spiro atoms. The first kappa shape index (κ1) is 98.0. The number of amides is 4. The van der Waals surface area contributed by atoms with Crippen LogP contribution in [0.25, 0.3) is 22.1 Å². The third kappa shape index (κ3) is 21.3. The molecule has 2 saturated heterocycles. The summed E-state index contributed by atoms with van der Waals surface area (Å²) in [7, 11) is 1.42. The number of aryl methyl sites for hydroxylation is 4. The van der Waals surface area contributed by atoms with Crippen molar-refractivity contribution in [3.05, 3.63) is 208 Å². The second kappa shape index (κ2) is 42.3. The smallest absolute Gasteiger partial charge is 0.258 e. The van der Waals surface area contributed by atoms with Crippen molar-refractivity contribution in [3.8, 4) is 23.0 Å². The van der Waals surface area contributed by atoms with Crippen LogP contribution in [0.3, 0.4) is 0 Å². The Morgan fingerprint density at radius 1 is 0.442 bits per heavy atom. The normalized spacial score (nSPS) is 14.4. The third-order valence-corrected chi connectivity index (χ3v) is 23.0. The number of fused-ring (bicyclic) bond motifs is 4. The number of nitrogens with zero attached hydrogens (tertiary/aromatic N) is 12. The Kier molecular flexibility index (Phi) is 32.2. The molecule has 4 amide bonds. The zero-order valence-electron chi connectivity index (χ0n) is 75.3. The molecule has 5 atom stereocenters. The second-order valence-electron chi connectivity index (χ2n) is 32.6. The van der Waals surface area contributed by atoms with E-state index in [-0.39, 0.29) is 114 Å². The molecule has 38 heteroatoms. The van der Waals surface area contributed by atoms with Gasteiger partial charge in [-0.1, -0.05) is 74.1 Å². The van der Waals surface area contributed by atoms with E-state index in [1.165, 1.54) is 31.3 Å². The van der Waals surface area contributed by atoms with Gasteiger partial charge in [0.15, 0.2) is 23.3 Å². The van der Waals surface area contributed by atoms with Gasteiger partial charge in [-0.25, -0.2) is 57.4 Å². The maximum atomic E-state index is 15.4. The highest BCUT2D eigenvalue weighted by Gasteiger charge is 2.37. The number of anilines is 4. The lowest BCUT2D eigenvalue weighted by molar-refractivity contribution is 0.0635. The molecule has 0 radical (unpaired) electrons. The van der Waals surface area contributed by atoms with Gasteiger partial charge in [0.05, 0.1) is 73.4 Å². The average molecular weight is 1860 g/mol. The minimum atomic E-state index is -0.824. The molecule has 690 valence electrons. The quantitative estimate of drug-likeness (QED) is 0.0233. The molecular weight excluding hydrogens is 1750 g/mol. The van der Waals surface area contributed by atoms with E-state index >= 15 is 8.78 Å². The van der Waals surface area contributed by atoms with Gasteiger partial charge in [-0.15, -0.1) is 0 Å². The Morgan fingerprint density at radius 2 is 0.729 bits per heavy atom. The van der Waals surface area contributed by atoms with Crippen LogP contribution in [-0.4, -0.2) is 158 Å².